The number of rotatable bonds is 5. The maximum atomic E-state index is 14.4. The molecule has 6 rings (SSSR count). The van der Waals surface area contributed by atoms with E-state index in [0.29, 0.717) is 11.1 Å². The number of nitrogens with zero attached hydrogens (tertiary/aromatic N) is 3. The van der Waals surface area contributed by atoms with Crippen molar-refractivity contribution in [2.45, 2.75) is 18.0 Å². The predicted octanol–water partition coefficient (Wildman–Crippen LogP) is 7.18. The zero-order valence-corrected chi connectivity index (χ0v) is 21.2. The number of benzene rings is 4. The van der Waals surface area contributed by atoms with Gasteiger partial charge in [-0.1, -0.05) is 115 Å². The van der Waals surface area contributed by atoms with E-state index in [1.165, 1.54) is 0 Å². The van der Waals surface area contributed by atoms with Gasteiger partial charge in [-0.25, -0.2) is 0 Å². The van der Waals surface area contributed by atoms with Crippen molar-refractivity contribution in [1.29, 1.82) is 10.5 Å². The Balaban J connectivity index is 1.67. The molecular weight excluding hydrogens is 478 g/mol. The molecule has 4 aromatic rings. The number of ketones is 1. The van der Waals surface area contributed by atoms with Gasteiger partial charge in [0.2, 0.25) is 0 Å². The highest BCUT2D eigenvalue weighted by Gasteiger charge is 2.54. The van der Waals surface area contributed by atoms with Gasteiger partial charge in [-0.05, 0) is 33.9 Å². The highest BCUT2D eigenvalue weighted by atomic mass is 16.1. The van der Waals surface area contributed by atoms with E-state index in [9.17, 15) is 15.3 Å². The molecule has 0 aromatic heterocycles. The summed E-state index contributed by atoms with van der Waals surface area (Å²) in [6.07, 6.45) is 4.08. The van der Waals surface area contributed by atoms with Gasteiger partial charge in [0, 0.05) is 23.6 Å². The van der Waals surface area contributed by atoms with Crippen LogP contribution in [0.4, 0.5) is 0 Å². The molecule has 4 aromatic carbocycles. The van der Waals surface area contributed by atoms with E-state index in [2.05, 4.69) is 47.4 Å². The summed E-state index contributed by atoms with van der Waals surface area (Å²) in [7, 11) is 0. The van der Waals surface area contributed by atoms with Crippen LogP contribution in [0, 0.1) is 28.6 Å². The topological polar surface area (TPSA) is 67.9 Å². The second-order valence-electron chi connectivity index (χ2n) is 9.85. The van der Waals surface area contributed by atoms with Gasteiger partial charge in [0.25, 0.3) is 0 Å². The fraction of sp³-hybridized carbons (Fsp3) is 0.114. The minimum absolute atomic E-state index is 0.0175. The summed E-state index contributed by atoms with van der Waals surface area (Å²) in [4.78, 5) is 16.6. The minimum atomic E-state index is -0.535. The van der Waals surface area contributed by atoms with Crippen LogP contribution in [0.15, 0.2) is 127 Å². The van der Waals surface area contributed by atoms with Crippen LogP contribution in [-0.2, 0) is 0 Å². The van der Waals surface area contributed by atoms with E-state index in [1.807, 2.05) is 97.2 Å². The smallest absolute Gasteiger partial charge is 0.185 e. The number of allylic oxidation sites excluding steroid dienone is 1. The number of fused-ring (bicyclic) bond motifs is 3. The van der Waals surface area contributed by atoms with Gasteiger partial charge in [0.05, 0.1) is 12.1 Å². The Bertz CT molecular complexity index is 1640. The highest BCUT2D eigenvalue weighted by Crippen LogP contribution is 2.58. The second-order valence-corrected chi connectivity index (χ2v) is 9.85. The molecule has 4 atom stereocenters. The normalized spacial score (nSPS) is 20.7. The van der Waals surface area contributed by atoms with Crippen molar-refractivity contribution in [2.75, 3.05) is 0 Å². The lowest BCUT2D eigenvalue weighted by Gasteiger charge is -2.35. The fourth-order valence-electron chi connectivity index (χ4n) is 6.32. The van der Waals surface area contributed by atoms with E-state index in [1.54, 1.807) is 0 Å². The molecule has 1 fully saturated rings. The van der Waals surface area contributed by atoms with Crippen LogP contribution in [0.3, 0.4) is 0 Å². The first kappa shape index (κ1) is 24.2. The maximum absolute atomic E-state index is 14.4. The monoisotopic (exact) mass is 503 g/mol. The Morgan fingerprint density at radius 2 is 1.26 bits per heavy atom. The first-order chi connectivity index (χ1) is 19.2. The van der Waals surface area contributed by atoms with Crippen LogP contribution in [-0.4, -0.2) is 16.7 Å². The van der Waals surface area contributed by atoms with Crippen molar-refractivity contribution < 1.29 is 4.79 Å². The van der Waals surface area contributed by atoms with Gasteiger partial charge in [0.1, 0.15) is 17.7 Å². The lowest BCUT2D eigenvalue weighted by molar-refractivity contribution is 0.0874. The number of nitriles is 2. The zero-order valence-electron chi connectivity index (χ0n) is 21.2. The van der Waals surface area contributed by atoms with Crippen molar-refractivity contribution >= 4 is 17.4 Å². The molecule has 1 saturated heterocycles. The summed E-state index contributed by atoms with van der Waals surface area (Å²) >= 11 is 0. The van der Waals surface area contributed by atoms with E-state index in [0.717, 1.165) is 22.3 Å². The van der Waals surface area contributed by atoms with E-state index < -0.39 is 6.04 Å². The maximum Gasteiger partial charge on any atom is 0.185 e. The Morgan fingerprint density at radius 1 is 0.692 bits per heavy atom. The molecule has 39 heavy (non-hydrogen) atoms. The average molecular weight is 504 g/mol. The minimum Gasteiger partial charge on any atom is -0.359 e. The zero-order chi connectivity index (χ0) is 26.8. The molecule has 4 heteroatoms. The Hall–Kier alpha value is -5.19. The molecule has 0 unspecified atom stereocenters. The summed E-state index contributed by atoms with van der Waals surface area (Å²) in [6, 6.07) is 40.9. The molecule has 0 saturated carbocycles. The highest BCUT2D eigenvalue weighted by molar-refractivity contribution is 6.02. The Labute approximate surface area is 228 Å². The van der Waals surface area contributed by atoms with Crippen LogP contribution in [0.25, 0.3) is 11.6 Å². The number of carbonyl (C=O) groups is 1. The summed E-state index contributed by atoms with van der Waals surface area (Å²) < 4.78 is 0. The van der Waals surface area contributed by atoms with Crippen molar-refractivity contribution in [3.8, 4) is 12.1 Å². The summed E-state index contributed by atoms with van der Waals surface area (Å²) in [5.41, 5.74) is 5.37. The fourth-order valence-corrected chi connectivity index (χ4v) is 6.32. The van der Waals surface area contributed by atoms with Crippen molar-refractivity contribution in [1.82, 2.24) is 4.90 Å². The third-order valence-electron chi connectivity index (χ3n) is 7.87. The SMILES string of the molecule is N#CC(C#N)=C(c1ccccc1)[C@@H]1[C@@H](c2ccccc2)[C@H](C(=O)c2ccccc2)N2C=Cc3ccccc3[C@H]12. The number of Topliss-reactive ketones (excluding diaryl/α,β-unsaturated/α-hetero) is 1. The molecule has 0 aliphatic carbocycles. The molecule has 0 amide bonds. The van der Waals surface area contributed by atoms with Gasteiger partial charge < -0.3 is 4.90 Å². The lowest BCUT2D eigenvalue weighted by atomic mass is 9.71. The molecule has 4 nitrogen and oxygen atoms in total. The van der Waals surface area contributed by atoms with E-state index in [-0.39, 0.29) is 29.2 Å². The number of hydrogen-bond acceptors (Lipinski definition) is 4. The molecule has 2 aliphatic heterocycles. The van der Waals surface area contributed by atoms with Crippen LogP contribution in [0.2, 0.25) is 0 Å². The lowest BCUT2D eigenvalue weighted by Crippen LogP contribution is -2.37. The van der Waals surface area contributed by atoms with Crippen molar-refractivity contribution in [3.05, 3.63) is 155 Å². The predicted molar refractivity (Wildman–Crippen MR) is 152 cm³/mol. The van der Waals surface area contributed by atoms with E-state index >= 15 is 0 Å². The van der Waals surface area contributed by atoms with Gasteiger partial charge in [-0.3, -0.25) is 4.79 Å². The Morgan fingerprint density at radius 3 is 1.90 bits per heavy atom. The van der Waals surface area contributed by atoms with Crippen LogP contribution < -0.4 is 0 Å². The average Bonchev–Trinajstić information content (AvgIpc) is 3.36. The first-order valence-electron chi connectivity index (χ1n) is 13.0. The summed E-state index contributed by atoms with van der Waals surface area (Å²) in [5, 5.41) is 20.4. The van der Waals surface area contributed by atoms with Gasteiger partial charge in [0.15, 0.2) is 5.78 Å². The number of carbonyl (C=O) groups excluding carboxylic acids is 1. The first-order valence-corrected chi connectivity index (χ1v) is 13.0. The van der Waals surface area contributed by atoms with Gasteiger partial charge in [-0.15, -0.1) is 0 Å². The van der Waals surface area contributed by atoms with E-state index in [4.69, 9.17) is 0 Å². The molecule has 0 radical (unpaired) electrons. The molecule has 186 valence electrons. The number of hydrogen-bond donors (Lipinski definition) is 0. The largest absolute Gasteiger partial charge is 0.359 e. The molecule has 0 N–H and O–H groups in total. The molecule has 2 heterocycles. The van der Waals surface area contributed by atoms with Gasteiger partial charge >= 0.3 is 0 Å². The Kier molecular flexibility index (Phi) is 6.37. The molecule has 0 bridgehead atoms. The quantitative estimate of drug-likeness (QED) is 0.214. The van der Waals surface area contributed by atoms with Gasteiger partial charge in [-0.2, -0.15) is 10.5 Å². The molecular formula is C35H25N3O. The third kappa shape index (κ3) is 4.13. The summed E-state index contributed by atoms with van der Waals surface area (Å²) in [5.74, 6) is -0.636. The van der Waals surface area contributed by atoms with Crippen molar-refractivity contribution in [3.63, 3.8) is 0 Å². The molecule has 0 spiro atoms. The second kappa shape index (κ2) is 10.3. The molecule has 2 aliphatic rings. The standard InChI is InChI=1S/C35H25N3O/c36-22-28(23-37)30(25-13-4-1-5-14-25)32-31(26-15-6-2-7-16-26)34(35(39)27-17-8-3-9-18-27)38-21-20-24-12-10-11-19-29(24)33(32)38/h1-21,31-34H/t31-,32-,33-,34-/m1/s1. The van der Waals surface area contributed by atoms with Crippen LogP contribution >= 0.6 is 0 Å². The van der Waals surface area contributed by atoms with Crippen LogP contribution in [0.5, 0.6) is 0 Å². The summed E-state index contributed by atoms with van der Waals surface area (Å²) in [6.45, 7) is 0. The van der Waals surface area contributed by atoms with Crippen LogP contribution in [0.1, 0.15) is 44.6 Å². The third-order valence-corrected chi connectivity index (χ3v) is 7.87. The van der Waals surface area contributed by atoms with Crippen molar-refractivity contribution in [2.24, 2.45) is 5.92 Å².